The van der Waals surface area contributed by atoms with Crippen LogP contribution in [-0.2, 0) is 0 Å². The largest absolute Gasteiger partial charge is 0.495 e. The van der Waals surface area contributed by atoms with Crippen LogP contribution in [0.1, 0.15) is 20.3 Å². The summed E-state index contributed by atoms with van der Waals surface area (Å²) in [5, 5.41) is 3.53. The molecule has 1 aliphatic heterocycles. The first kappa shape index (κ1) is 20.4. The molecule has 0 aromatic heterocycles. The summed E-state index contributed by atoms with van der Waals surface area (Å²) in [6.45, 7) is 12.7. The summed E-state index contributed by atoms with van der Waals surface area (Å²) >= 11 is 0. The van der Waals surface area contributed by atoms with Crippen molar-refractivity contribution in [2.45, 2.75) is 20.3 Å². The van der Waals surface area contributed by atoms with Crippen LogP contribution in [0.5, 0.6) is 5.75 Å². The van der Waals surface area contributed by atoms with Crippen LogP contribution in [0.15, 0.2) is 29.3 Å². The van der Waals surface area contributed by atoms with E-state index < -0.39 is 0 Å². The van der Waals surface area contributed by atoms with Gasteiger partial charge in [0.05, 0.1) is 12.8 Å². The Hall–Kier alpha value is -1.95. The number of ether oxygens (including phenoxy) is 1. The van der Waals surface area contributed by atoms with Gasteiger partial charge in [-0.25, -0.2) is 0 Å². The van der Waals surface area contributed by atoms with Crippen LogP contribution in [-0.4, -0.2) is 82.3 Å². The fourth-order valence-corrected chi connectivity index (χ4v) is 3.43. The number of guanidine groups is 1. The van der Waals surface area contributed by atoms with E-state index in [4.69, 9.17) is 4.74 Å². The Kier molecular flexibility index (Phi) is 8.54. The molecule has 0 spiro atoms. The quantitative estimate of drug-likeness (QED) is 0.436. The molecule has 2 rings (SSSR count). The van der Waals surface area contributed by atoms with Crippen molar-refractivity contribution in [1.29, 1.82) is 0 Å². The van der Waals surface area contributed by atoms with Gasteiger partial charge in [0.15, 0.2) is 5.96 Å². The van der Waals surface area contributed by atoms with Gasteiger partial charge in [-0.15, -0.1) is 0 Å². The van der Waals surface area contributed by atoms with Gasteiger partial charge in [-0.05, 0) is 38.2 Å². The van der Waals surface area contributed by atoms with Gasteiger partial charge in [-0.2, -0.15) is 0 Å². The highest BCUT2D eigenvalue weighted by Gasteiger charge is 2.21. The molecule has 26 heavy (non-hydrogen) atoms. The lowest BCUT2D eigenvalue weighted by Gasteiger charge is -2.38. The topological polar surface area (TPSA) is 43.3 Å². The number of anilines is 1. The van der Waals surface area contributed by atoms with E-state index in [1.165, 1.54) is 5.69 Å². The molecule has 6 nitrogen and oxygen atoms in total. The van der Waals surface area contributed by atoms with E-state index in [0.717, 1.165) is 70.5 Å². The summed E-state index contributed by atoms with van der Waals surface area (Å²) in [6.07, 6.45) is 1.14. The molecule has 0 amide bonds. The summed E-state index contributed by atoms with van der Waals surface area (Å²) in [7, 11) is 3.61. The third kappa shape index (κ3) is 5.53. The smallest absolute Gasteiger partial charge is 0.193 e. The van der Waals surface area contributed by atoms with Crippen molar-refractivity contribution < 1.29 is 4.74 Å². The second-order valence-electron chi connectivity index (χ2n) is 6.50. The molecule has 1 aromatic rings. The number of aliphatic imine (C=N–C) groups is 1. The lowest BCUT2D eigenvalue weighted by atomic mass is 10.2. The lowest BCUT2D eigenvalue weighted by molar-refractivity contribution is 0.298. The molecule has 1 fully saturated rings. The molecular weight excluding hydrogens is 326 g/mol. The van der Waals surface area contributed by atoms with Gasteiger partial charge in [0.25, 0.3) is 0 Å². The first-order valence-corrected chi connectivity index (χ1v) is 9.79. The van der Waals surface area contributed by atoms with E-state index >= 15 is 0 Å². The minimum absolute atomic E-state index is 0.944. The second-order valence-corrected chi connectivity index (χ2v) is 6.50. The van der Waals surface area contributed by atoms with Crippen molar-refractivity contribution >= 4 is 11.6 Å². The van der Waals surface area contributed by atoms with Crippen molar-refractivity contribution in [3.05, 3.63) is 24.3 Å². The Labute approximate surface area is 158 Å². The maximum atomic E-state index is 5.50. The molecular formula is C20H35N5O. The van der Waals surface area contributed by atoms with Crippen LogP contribution in [0.25, 0.3) is 0 Å². The second kappa shape index (κ2) is 10.9. The van der Waals surface area contributed by atoms with Gasteiger partial charge < -0.3 is 24.8 Å². The Morgan fingerprint density at radius 1 is 1.15 bits per heavy atom. The predicted molar refractivity (Wildman–Crippen MR) is 111 cm³/mol. The maximum Gasteiger partial charge on any atom is 0.193 e. The summed E-state index contributed by atoms with van der Waals surface area (Å²) in [5.41, 5.74) is 1.18. The SMILES string of the molecule is CCN(CC)CCCNC(=NC)N1CCN(c2ccccc2OC)CC1. The zero-order valence-corrected chi connectivity index (χ0v) is 16.9. The van der Waals surface area contributed by atoms with Gasteiger partial charge in [0.2, 0.25) is 0 Å². The van der Waals surface area contributed by atoms with Gasteiger partial charge >= 0.3 is 0 Å². The van der Waals surface area contributed by atoms with Gasteiger partial charge in [0.1, 0.15) is 5.75 Å². The molecule has 6 heteroatoms. The Bertz CT molecular complexity index is 551. The standard InChI is InChI=1S/C20H35N5O/c1-5-23(6-2)13-9-12-22-20(21-3)25-16-14-24(15-17-25)18-10-7-8-11-19(18)26-4/h7-8,10-11H,5-6,9,12-17H2,1-4H3,(H,21,22). The highest BCUT2D eigenvalue weighted by molar-refractivity contribution is 5.80. The summed E-state index contributed by atoms with van der Waals surface area (Å²) in [5.74, 6) is 1.96. The van der Waals surface area contributed by atoms with E-state index in [2.05, 4.69) is 51.0 Å². The monoisotopic (exact) mass is 361 g/mol. The van der Waals surface area contributed by atoms with Gasteiger partial charge in [-0.1, -0.05) is 26.0 Å². The fraction of sp³-hybridized carbons (Fsp3) is 0.650. The van der Waals surface area contributed by atoms with E-state index in [1.54, 1.807) is 7.11 Å². The lowest BCUT2D eigenvalue weighted by Crippen LogP contribution is -2.52. The predicted octanol–water partition coefficient (Wildman–Crippen LogP) is 2.12. The molecule has 0 unspecified atom stereocenters. The van der Waals surface area contributed by atoms with Gasteiger partial charge in [0, 0.05) is 39.8 Å². The summed E-state index contributed by atoms with van der Waals surface area (Å²) in [4.78, 5) is 11.7. The highest BCUT2D eigenvalue weighted by atomic mass is 16.5. The van der Waals surface area contributed by atoms with Crippen molar-refractivity contribution in [3.8, 4) is 5.75 Å². The van der Waals surface area contributed by atoms with Crippen molar-refractivity contribution in [2.75, 3.05) is 71.4 Å². The van der Waals surface area contributed by atoms with Crippen molar-refractivity contribution in [3.63, 3.8) is 0 Å². The van der Waals surface area contributed by atoms with Gasteiger partial charge in [-0.3, -0.25) is 4.99 Å². The molecule has 0 radical (unpaired) electrons. The highest BCUT2D eigenvalue weighted by Crippen LogP contribution is 2.28. The number of benzene rings is 1. The average molecular weight is 362 g/mol. The Morgan fingerprint density at radius 3 is 2.46 bits per heavy atom. The zero-order chi connectivity index (χ0) is 18.8. The number of nitrogens with zero attached hydrogens (tertiary/aromatic N) is 4. The molecule has 1 heterocycles. The normalized spacial score (nSPS) is 15.5. The third-order valence-corrected chi connectivity index (χ3v) is 5.05. The molecule has 0 saturated carbocycles. The van der Waals surface area contributed by atoms with Crippen LogP contribution in [0, 0.1) is 0 Å². The average Bonchev–Trinajstić information content (AvgIpc) is 2.71. The minimum Gasteiger partial charge on any atom is -0.495 e. The Balaban J connectivity index is 1.80. The first-order chi connectivity index (χ1) is 12.7. The number of rotatable bonds is 8. The number of nitrogens with one attached hydrogen (secondary N) is 1. The van der Waals surface area contributed by atoms with Crippen molar-refractivity contribution in [1.82, 2.24) is 15.1 Å². The third-order valence-electron chi connectivity index (χ3n) is 5.05. The minimum atomic E-state index is 0.944. The first-order valence-electron chi connectivity index (χ1n) is 9.79. The van der Waals surface area contributed by atoms with E-state index in [0.29, 0.717) is 0 Å². The van der Waals surface area contributed by atoms with Crippen LogP contribution in [0.4, 0.5) is 5.69 Å². The number of hydrogen-bond acceptors (Lipinski definition) is 4. The molecule has 0 aliphatic carbocycles. The van der Waals surface area contributed by atoms with Crippen molar-refractivity contribution in [2.24, 2.45) is 4.99 Å². The van der Waals surface area contributed by atoms with E-state index in [-0.39, 0.29) is 0 Å². The molecule has 146 valence electrons. The van der Waals surface area contributed by atoms with Crippen LogP contribution < -0.4 is 15.0 Å². The zero-order valence-electron chi connectivity index (χ0n) is 16.9. The molecule has 0 atom stereocenters. The Morgan fingerprint density at radius 2 is 1.85 bits per heavy atom. The molecule has 1 saturated heterocycles. The van der Waals surface area contributed by atoms with Crippen LogP contribution >= 0.6 is 0 Å². The molecule has 1 aromatic carbocycles. The number of methoxy groups -OCH3 is 1. The molecule has 1 N–H and O–H groups in total. The number of hydrogen-bond donors (Lipinski definition) is 1. The maximum absolute atomic E-state index is 5.50. The van der Waals surface area contributed by atoms with E-state index in [1.807, 2.05) is 19.2 Å². The van der Waals surface area contributed by atoms with E-state index in [9.17, 15) is 0 Å². The van der Waals surface area contributed by atoms with Crippen LogP contribution in [0.2, 0.25) is 0 Å². The summed E-state index contributed by atoms with van der Waals surface area (Å²) < 4.78 is 5.50. The number of para-hydroxylation sites is 2. The number of piperazine rings is 1. The molecule has 1 aliphatic rings. The fourth-order valence-electron chi connectivity index (χ4n) is 3.43. The summed E-state index contributed by atoms with van der Waals surface area (Å²) in [6, 6.07) is 8.25. The molecule has 0 bridgehead atoms. The van der Waals surface area contributed by atoms with Crippen LogP contribution in [0.3, 0.4) is 0 Å².